The maximum atomic E-state index is 11.6. The topological polar surface area (TPSA) is 46.6 Å². The van der Waals surface area contributed by atoms with Crippen molar-refractivity contribution in [2.75, 3.05) is 7.05 Å². The Balaban J connectivity index is 1.92. The highest BCUT2D eigenvalue weighted by Crippen LogP contribution is 2.27. The van der Waals surface area contributed by atoms with Gasteiger partial charge in [0.2, 0.25) is 0 Å². The van der Waals surface area contributed by atoms with Crippen LogP contribution >= 0.6 is 0 Å². The number of carbonyl (C=O) groups excluding carboxylic acids is 2. The van der Waals surface area contributed by atoms with Crippen LogP contribution in [-0.2, 0) is 14.3 Å². The first-order valence-electron chi connectivity index (χ1n) is 4.64. The molecule has 1 atom stereocenters. The fourth-order valence-electron chi connectivity index (χ4n) is 1.57. The number of rotatable bonds is 2. The van der Waals surface area contributed by atoms with Crippen molar-refractivity contribution in [1.82, 2.24) is 4.90 Å². The van der Waals surface area contributed by atoms with Crippen LogP contribution in [0.4, 0.5) is 0 Å². The highest BCUT2D eigenvalue weighted by Gasteiger charge is 2.37. The molecular weight excluding hydrogens is 170 g/mol. The second-order valence-electron chi connectivity index (χ2n) is 3.70. The van der Waals surface area contributed by atoms with E-state index in [4.69, 9.17) is 4.74 Å². The minimum Gasteiger partial charge on any atom is -0.452 e. The van der Waals surface area contributed by atoms with Gasteiger partial charge in [0.15, 0.2) is 6.10 Å². The molecule has 0 aromatic rings. The van der Waals surface area contributed by atoms with Gasteiger partial charge >= 0.3 is 5.97 Å². The average Bonchev–Trinajstić information content (AvgIpc) is 2.87. The standard InChI is InChI=1S/C9H13NO3/c1-10(6-2-3-6)9(12)7-4-5-8(11)13-7/h6-7H,2-5H2,1H3. The first-order chi connectivity index (χ1) is 6.18. The van der Waals surface area contributed by atoms with Gasteiger partial charge in [0.1, 0.15) is 0 Å². The number of hydrogen-bond acceptors (Lipinski definition) is 3. The van der Waals surface area contributed by atoms with E-state index in [1.807, 2.05) is 0 Å². The Morgan fingerprint density at radius 1 is 1.46 bits per heavy atom. The molecule has 1 aliphatic heterocycles. The number of hydrogen-bond donors (Lipinski definition) is 0. The molecule has 1 saturated carbocycles. The van der Waals surface area contributed by atoms with Gasteiger partial charge < -0.3 is 9.64 Å². The van der Waals surface area contributed by atoms with Gasteiger partial charge in [-0.05, 0) is 12.8 Å². The summed E-state index contributed by atoms with van der Waals surface area (Å²) in [6.45, 7) is 0. The number of carbonyl (C=O) groups is 2. The lowest BCUT2D eigenvalue weighted by Gasteiger charge is -2.19. The van der Waals surface area contributed by atoms with Crippen molar-refractivity contribution in [3.8, 4) is 0 Å². The molecule has 1 saturated heterocycles. The van der Waals surface area contributed by atoms with E-state index in [-0.39, 0.29) is 11.9 Å². The SMILES string of the molecule is CN(C(=O)C1CCC(=O)O1)C1CC1. The van der Waals surface area contributed by atoms with Crippen LogP contribution in [0, 0.1) is 0 Å². The van der Waals surface area contributed by atoms with Crippen molar-refractivity contribution < 1.29 is 14.3 Å². The van der Waals surface area contributed by atoms with E-state index in [2.05, 4.69) is 0 Å². The molecule has 0 radical (unpaired) electrons. The Hall–Kier alpha value is -1.06. The molecule has 1 amide bonds. The zero-order valence-corrected chi connectivity index (χ0v) is 7.66. The maximum absolute atomic E-state index is 11.6. The van der Waals surface area contributed by atoms with Crippen LogP contribution < -0.4 is 0 Å². The summed E-state index contributed by atoms with van der Waals surface area (Å²) >= 11 is 0. The number of esters is 1. The highest BCUT2D eigenvalue weighted by molar-refractivity contribution is 5.86. The second-order valence-corrected chi connectivity index (χ2v) is 3.70. The summed E-state index contributed by atoms with van der Waals surface area (Å²) in [5, 5.41) is 0. The van der Waals surface area contributed by atoms with Crippen molar-refractivity contribution in [2.45, 2.75) is 37.8 Å². The first kappa shape index (κ1) is 8.53. The monoisotopic (exact) mass is 183 g/mol. The summed E-state index contributed by atoms with van der Waals surface area (Å²) in [5.74, 6) is -0.282. The molecule has 1 unspecified atom stereocenters. The molecule has 2 aliphatic rings. The van der Waals surface area contributed by atoms with Crippen LogP contribution in [-0.4, -0.2) is 36.0 Å². The molecule has 2 rings (SSSR count). The van der Waals surface area contributed by atoms with Gasteiger partial charge in [-0.3, -0.25) is 9.59 Å². The molecule has 2 fully saturated rings. The van der Waals surface area contributed by atoms with Crippen molar-refractivity contribution in [3.05, 3.63) is 0 Å². The second kappa shape index (κ2) is 3.01. The number of amides is 1. The average molecular weight is 183 g/mol. The van der Waals surface area contributed by atoms with Gasteiger partial charge in [0, 0.05) is 25.9 Å². The molecule has 1 aliphatic carbocycles. The van der Waals surface area contributed by atoms with E-state index in [1.165, 1.54) is 0 Å². The third kappa shape index (κ3) is 1.66. The minimum absolute atomic E-state index is 0.0339. The Labute approximate surface area is 76.8 Å². The Kier molecular flexibility index (Phi) is 1.98. The van der Waals surface area contributed by atoms with E-state index < -0.39 is 6.10 Å². The minimum atomic E-state index is -0.502. The normalized spacial score (nSPS) is 27.2. The predicted molar refractivity (Wildman–Crippen MR) is 44.9 cm³/mol. The summed E-state index contributed by atoms with van der Waals surface area (Å²) in [6.07, 6.45) is 2.60. The lowest BCUT2D eigenvalue weighted by molar-refractivity contribution is -0.152. The summed E-state index contributed by atoms with van der Waals surface area (Å²) in [7, 11) is 1.78. The summed E-state index contributed by atoms with van der Waals surface area (Å²) in [6, 6.07) is 0.395. The van der Waals surface area contributed by atoms with Crippen molar-refractivity contribution in [3.63, 3.8) is 0 Å². The third-order valence-corrected chi connectivity index (χ3v) is 2.60. The molecule has 13 heavy (non-hydrogen) atoms. The lowest BCUT2D eigenvalue weighted by atomic mass is 10.2. The van der Waals surface area contributed by atoms with Crippen molar-refractivity contribution in [2.24, 2.45) is 0 Å². The predicted octanol–water partition coefficient (Wildman–Crippen LogP) is 0.313. The highest BCUT2D eigenvalue weighted by atomic mass is 16.6. The first-order valence-corrected chi connectivity index (χ1v) is 4.64. The molecule has 72 valence electrons. The molecule has 0 bridgehead atoms. The van der Waals surface area contributed by atoms with E-state index in [1.54, 1.807) is 11.9 Å². The van der Waals surface area contributed by atoms with Crippen LogP contribution in [0.1, 0.15) is 25.7 Å². The van der Waals surface area contributed by atoms with Crippen molar-refractivity contribution >= 4 is 11.9 Å². The van der Waals surface area contributed by atoms with E-state index in [0.29, 0.717) is 18.9 Å². The Morgan fingerprint density at radius 2 is 2.15 bits per heavy atom. The smallest absolute Gasteiger partial charge is 0.306 e. The maximum Gasteiger partial charge on any atom is 0.306 e. The molecule has 4 heteroatoms. The van der Waals surface area contributed by atoms with E-state index in [0.717, 1.165) is 12.8 Å². The van der Waals surface area contributed by atoms with E-state index in [9.17, 15) is 9.59 Å². The van der Waals surface area contributed by atoms with Crippen LogP contribution in [0.5, 0.6) is 0 Å². The van der Waals surface area contributed by atoms with Crippen molar-refractivity contribution in [1.29, 1.82) is 0 Å². The fourth-order valence-corrected chi connectivity index (χ4v) is 1.57. The lowest BCUT2D eigenvalue weighted by Crippen LogP contribution is -2.37. The summed E-state index contributed by atoms with van der Waals surface area (Å²) in [5.41, 5.74) is 0. The molecule has 4 nitrogen and oxygen atoms in total. The Bertz CT molecular complexity index is 247. The van der Waals surface area contributed by atoms with Gasteiger partial charge in [-0.2, -0.15) is 0 Å². The van der Waals surface area contributed by atoms with Crippen LogP contribution in [0.25, 0.3) is 0 Å². The fraction of sp³-hybridized carbons (Fsp3) is 0.778. The number of nitrogens with zero attached hydrogens (tertiary/aromatic N) is 1. The molecule has 0 spiro atoms. The third-order valence-electron chi connectivity index (χ3n) is 2.60. The van der Waals surface area contributed by atoms with Crippen LogP contribution in [0.15, 0.2) is 0 Å². The molecule has 0 aromatic carbocycles. The number of likely N-dealkylation sites (N-methyl/N-ethyl adjacent to an activating group) is 1. The molecule has 0 aromatic heterocycles. The number of cyclic esters (lactones) is 1. The quantitative estimate of drug-likeness (QED) is 0.579. The number of ether oxygens (including phenoxy) is 1. The zero-order chi connectivity index (χ0) is 9.42. The zero-order valence-electron chi connectivity index (χ0n) is 7.66. The van der Waals surface area contributed by atoms with Crippen LogP contribution in [0.3, 0.4) is 0 Å². The van der Waals surface area contributed by atoms with Gasteiger partial charge in [-0.25, -0.2) is 0 Å². The van der Waals surface area contributed by atoms with Gasteiger partial charge in [-0.1, -0.05) is 0 Å². The van der Waals surface area contributed by atoms with Gasteiger partial charge in [-0.15, -0.1) is 0 Å². The molecule has 0 N–H and O–H groups in total. The van der Waals surface area contributed by atoms with Gasteiger partial charge in [0.05, 0.1) is 0 Å². The molecule has 1 heterocycles. The largest absolute Gasteiger partial charge is 0.452 e. The summed E-state index contributed by atoms with van der Waals surface area (Å²) < 4.78 is 4.89. The molecular formula is C9H13NO3. The van der Waals surface area contributed by atoms with Crippen LogP contribution in [0.2, 0.25) is 0 Å². The van der Waals surface area contributed by atoms with Gasteiger partial charge in [0.25, 0.3) is 5.91 Å². The summed E-state index contributed by atoms with van der Waals surface area (Å²) in [4.78, 5) is 24.1. The Morgan fingerprint density at radius 3 is 2.62 bits per heavy atom. The van der Waals surface area contributed by atoms with E-state index >= 15 is 0 Å².